The van der Waals surface area contributed by atoms with Gasteiger partial charge in [-0.25, -0.2) is 0 Å². The van der Waals surface area contributed by atoms with Crippen LogP contribution in [0.25, 0.3) is 28.0 Å². The maximum atomic E-state index is 13.2. The maximum absolute atomic E-state index is 13.2. The van der Waals surface area contributed by atoms with Crippen LogP contribution in [-0.4, -0.2) is 56.0 Å². The molecule has 1 aliphatic heterocycles. The van der Waals surface area contributed by atoms with Crippen molar-refractivity contribution in [3.05, 3.63) is 90.6 Å². The zero-order chi connectivity index (χ0) is 27.3. The predicted octanol–water partition coefficient (Wildman–Crippen LogP) is 6.39. The third-order valence-electron chi connectivity index (χ3n) is 7.53. The van der Waals surface area contributed by atoms with E-state index in [0.29, 0.717) is 23.4 Å². The summed E-state index contributed by atoms with van der Waals surface area (Å²) in [6, 6.07) is 26.7. The lowest BCUT2D eigenvalue weighted by Crippen LogP contribution is -2.39. The number of nitrogens with one attached hydrogen (secondary N) is 1. The van der Waals surface area contributed by atoms with Gasteiger partial charge in [0.1, 0.15) is 5.75 Å². The van der Waals surface area contributed by atoms with Gasteiger partial charge in [0.15, 0.2) is 11.0 Å². The molecule has 1 aliphatic rings. The number of carbonyl (C=O) groups excluding carboxylic acids is 1. The Morgan fingerprint density at radius 2 is 1.73 bits per heavy atom. The number of rotatable bonds is 9. The number of carbonyl (C=O) groups is 1. The standard InChI is InChI=1S/C32H33N5O2S/c1-2-39-26-14-12-25(13-15-26)37-31(28-21-33-29-11-7-6-10-27(28)29)34-35-32(37)40-22-30(38)36-18-16-24(17-19-36)20-23-8-4-3-5-9-23/h3-15,21,24,33H,2,16-20,22H2,1H3. The van der Waals surface area contributed by atoms with Gasteiger partial charge in [0, 0.05) is 41.4 Å². The number of aromatic amines is 1. The zero-order valence-electron chi connectivity index (χ0n) is 22.6. The smallest absolute Gasteiger partial charge is 0.233 e. The molecule has 3 heterocycles. The van der Waals surface area contributed by atoms with Crippen LogP contribution in [0.15, 0.2) is 90.2 Å². The largest absolute Gasteiger partial charge is 0.494 e. The molecule has 7 nitrogen and oxygen atoms in total. The molecule has 1 amide bonds. The fourth-order valence-corrected chi connectivity index (χ4v) is 6.29. The Hall–Kier alpha value is -4.04. The fourth-order valence-electron chi connectivity index (χ4n) is 5.44. The van der Waals surface area contributed by atoms with E-state index in [-0.39, 0.29) is 5.91 Å². The van der Waals surface area contributed by atoms with Crippen molar-refractivity contribution >= 4 is 28.6 Å². The predicted molar refractivity (Wildman–Crippen MR) is 160 cm³/mol. The van der Waals surface area contributed by atoms with Gasteiger partial charge in [-0.15, -0.1) is 10.2 Å². The minimum absolute atomic E-state index is 0.151. The fraction of sp³-hybridized carbons (Fsp3) is 0.281. The first-order chi connectivity index (χ1) is 19.7. The van der Waals surface area contributed by atoms with Gasteiger partial charge < -0.3 is 14.6 Å². The monoisotopic (exact) mass is 551 g/mol. The van der Waals surface area contributed by atoms with Crippen LogP contribution < -0.4 is 4.74 Å². The minimum Gasteiger partial charge on any atom is -0.494 e. The topological polar surface area (TPSA) is 76.0 Å². The highest BCUT2D eigenvalue weighted by Crippen LogP contribution is 2.33. The number of amides is 1. The van der Waals surface area contributed by atoms with E-state index in [1.54, 1.807) is 0 Å². The molecule has 6 rings (SSSR count). The normalized spacial score (nSPS) is 14.1. The number of piperidine rings is 1. The quantitative estimate of drug-likeness (QED) is 0.215. The van der Waals surface area contributed by atoms with Gasteiger partial charge in [-0.2, -0.15) is 0 Å². The molecular formula is C32H33N5O2S. The van der Waals surface area contributed by atoms with Gasteiger partial charge in [0.05, 0.1) is 12.4 Å². The molecule has 1 N–H and O–H groups in total. The van der Waals surface area contributed by atoms with Gasteiger partial charge >= 0.3 is 0 Å². The van der Waals surface area contributed by atoms with Gasteiger partial charge in [-0.3, -0.25) is 9.36 Å². The Morgan fingerprint density at radius 1 is 0.975 bits per heavy atom. The number of nitrogens with zero attached hydrogens (tertiary/aromatic N) is 4. The molecule has 8 heteroatoms. The molecular weight excluding hydrogens is 518 g/mol. The number of benzene rings is 3. The highest BCUT2D eigenvalue weighted by Gasteiger charge is 2.25. The molecule has 0 spiro atoms. The third-order valence-corrected chi connectivity index (χ3v) is 8.44. The summed E-state index contributed by atoms with van der Waals surface area (Å²) >= 11 is 1.44. The first-order valence-corrected chi connectivity index (χ1v) is 14.9. The summed E-state index contributed by atoms with van der Waals surface area (Å²) in [6.07, 6.45) is 5.13. The number of likely N-dealkylation sites (tertiary alicyclic amines) is 1. The maximum Gasteiger partial charge on any atom is 0.233 e. The minimum atomic E-state index is 0.151. The van der Waals surface area contributed by atoms with Crippen LogP contribution in [0.4, 0.5) is 0 Å². The molecule has 0 saturated carbocycles. The van der Waals surface area contributed by atoms with Crippen molar-refractivity contribution in [3.8, 4) is 22.8 Å². The highest BCUT2D eigenvalue weighted by molar-refractivity contribution is 7.99. The van der Waals surface area contributed by atoms with Gasteiger partial charge in [-0.05, 0) is 68.0 Å². The first-order valence-electron chi connectivity index (χ1n) is 13.9. The van der Waals surface area contributed by atoms with Crippen molar-refractivity contribution < 1.29 is 9.53 Å². The van der Waals surface area contributed by atoms with Crippen molar-refractivity contribution in [3.63, 3.8) is 0 Å². The van der Waals surface area contributed by atoms with Crippen molar-refractivity contribution in [2.45, 2.75) is 31.3 Å². The number of H-pyrrole nitrogens is 1. The second-order valence-electron chi connectivity index (χ2n) is 10.1. The lowest BCUT2D eigenvalue weighted by atomic mass is 9.90. The second kappa shape index (κ2) is 12.0. The zero-order valence-corrected chi connectivity index (χ0v) is 23.4. The van der Waals surface area contributed by atoms with E-state index in [0.717, 1.165) is 66.1 Å². The van der Waals surface area contributed by atoms with Crippen LogP contribution in [0, 0.1) is 5.92 Å². The Balaban J connectivity index is 1.19. The van der Waals surface area contributed by atoms with Crippen LogP contribution in [0.3, 0.4) is 0 Å². The Bertz CT molecular complexity index is 1570. The number of hydrogen-bond acceptors (Lipinski definition) is 5. The number of thioether (sulfide) groups is 1. The van der Waals surface area contributed by atoms with Crippen LogP contribution in [0.2, 0.25) is 0 Å². The Kier molecular flexibility index (Phi) is 7.86. The van der Waals surface area contributed by atoms with E-state index < -0.39 is 0 Å². The number of para-hydroxylation sites is 1. The van der Waals surface area contributed by atoms with Gasteiger partial charge in [0.2, 0.25) is 5.91 Å². The molecule has 5 aromatic rings. The molecule has 0 aliphatic carbocycles. The van der Waals surface area contributed by atoms with Crippen LogP contribution >= 0.6 is 11.8 Å². The number of hydrogen-bond donors (Lipinski definition) is 1. The molecule has 40 heavy (non-hydrogen) atoms. The van der Waals surface area contributed by atoms with E-state index in [1.165, 1.54) is 17.3 Å². The van der Waals surface area contributed by atoms with Crippen molar-refractivity contribution in [1.29, 1.82) is 0 Å². The SMILES string of the molecule is CCOc1ccc(-n2c(SCC(=O)N3CCC(Cc4ccccc4)CC3)nnc2-c2c[nH]c3ccccc23)cc1. The molecule has 3 aromatic carbocycles. The molecule has 0 radical (unpaired) electrons. The molecule has 1 saturated heterocycles. The van der Waals surface area contributed by atoms with E-state index in [1.807, 2.05) is 65.1 Å². The average molecular weight is 552 g/mol. The van der Waals surface area contributed by atoms with Crippen LogP contribution in [0.1, 0.15) is 25.3 Å². The summed E-state index contributed by atoms with van der Waals surface area (Å²) in [7, 11) is 0. The van der Waals surface area contributed by atoms with E-state index in [9.17, 15) is 4.79 Å². The summed E-state index contributed by atoms with van der Waals surface area (Å²) in [4.78, 5) is 18.6. The number of fused-ring (bicyclic) bond motifs is 1. The highest BCUT2D eigenvalue weighted by atomic mass is 32.2. The third kappa shape index (κ3) is 5.63. The summed E-state index contributed by atoms with van der Waals surface area (Å²) in [5.41, 5.74) is 4.31. The summed E-state index contributed by atoms with van der Waals surface area (Å²) in [6.45, 7) is 4.20. The van der Waals surface area contributed by atoms with Crippen molar-refractivity contribution in [1.82, 2.24) is 24.6 Å². The molecule has 2 aromatic heterocycles. The number of ether oxygens (including phenoxy) is 1. The van der Waals surface area contributed by atoms with Crippen molar-refractivity contribution in [2.75, 3.05) is 25.4 Å². The Morgan fingerprint density at radius 3 is 2.50 bits per heavy atom. The van der Waals surface area contributed by atoms with E-state index >= 15 is 0 Å². The average Bonchev–Trinajstić information content (AvgIpc) is 3.61. The molecule has 0 bridgehead atoms. The first kappa shape index (κ1) is 26.2. The molecule has 0 atom stereocenters. The molecule has 204 valence electrons. The second-order valence-corrected chi connectivity index (χ2v) is 11.1. The van der Waals surface area contributed by atoms with Gasteiger partial charge in [-0.1, -0.05) is 60.3 Å². The lowest BCUT2D eigenvalue weighted by Gasteiger charge is -2.32. The van der Waals surface area contributed by atoms with E-state index in [4.69, 9.17) is 4.74 Å². The van der Waals surface area contributed by atoms with Crippen LogP contribution in [-0.2, 0) is 11.2 Å². The summed E-state index contributed by atoms with van der Waals surface area (Å²) in [5.74, 6) is 2.65. The van der Waals surface area contributed by atoms with E-state index in [2.05, 4.69) is 51.6 Å². The molecule has 0 unspecified atom stereocenters. The Labute approximate surface area is 238 Å². The molecule has 1 fully saturated rings. The number of aromatic nitrogens is 4. The van der Waals surface area contributed by atoms with Crippen LogP contribution in [0.5, 0.6) is 5.75 Å². The lowest BCUT2D eigenvalue weighted by molar-refractivity contribution is -0.129. The van der Waals surface area contributed by atoms with Crippen molar-refractivity contribution in [2.24, 2.45) is 5.92 Å². The summed E-state index contributed by atoms with van der Waals surface area (Å²) in [5, 5.41) is 10.9. The summed E-state index contributed by atoms with van der Waals surface area (Å²) < 4.78 is 7.69. The van der Waals surface area contributed by atoms with Gasteiger partial charge in [0.25, 0.3) is 0 Å².